The zero-order valence-corrected chi connectivity index (χ0v) is 9.83. The van der Waals surface area contributed by atoms with Crippen molar-refractivity contribution < 1.29 is 0 Å². The van der Waals surface area contributed by atoms with E-state index in [2.05, 4.69) is 22.8 Å². The highest BCUT2D eigenvalue weighted by Gasteiger charge is 2.13. The third kappa shape index (κ3) is 4.26. The lowest BCUT2D eigenvalue weighted by Crippen LogP contribution is -2.52. The van der Waals surface area contributed by atoms with E-state index in [0.29, 0.717) is 0 Å². The maximum atomic E-state index is 5.42. The molecule has 15 heavy (non-hydrogen) atoms. The number of nitrogens with one attached hydrogen (secondary N) is 2. The number of rotatable bonds is 3. The van der Waals surface area contributed by atoms with E-state index in [1.54, 1.807) is 0 Å². The summed E-state index contributed by atoms with van der Waals surface area (Å²) < 4.78 is 0. The van der Waals surface area contributed by atoms with E-state index in [4.69, 9.17) is 35.9 Å². The number of hydrogen-bond donors (Lipinski definition) is 4. The molecule has 0 amide bonds. The van der Waals surface area contributed by atoms with E-state index in [0.717, 1.165) is 18.4 Å². The molecule has 0 aromatic rings. The third-order valence-corrected chi connectivity index (χ3v) is 2.17. The van der Waals surface area contributed by atoms with Gasteiger partial charge in [-0.2, -0.15) is 0 Å². The van der Waals surface area contributed by atoms with Gasteiger partial charge in [0.05, 0.1) is 0 Å². The molecule has 1 rings (SSSR count). The second kappa shape index (κ2) is 5.67. The number of hydrogen-bond acceptors (Lipinski definition) is 2. The molecule has 0 fully saturated rings. The Morgan fingerprint density at radius 3 is 2.20 bits per heavy atom. The van der Waals surface area contributed by atoms with Gasteiger partial charge in [0.2, 0.25) is 0 Å². The van der Waals surface area contributed by atoms with E-state index >= 15 is 0 Å². The number of allylic oxidation sites excluding steroid dienone is 2. The Morgan fingerprint density at radius 2 is 1.80 bits per heavy atom. The molecule has 6 N–H and O–H groups in total. The van der Waals surface area contributed by atoms with Gasteiger partial charge in [0.15, 0.2) is 10.2 Å². The minimum atomic E-state index is -0.239. The van der Waals surface area contributed by atoms with Crippen molar-refractivity contribution in [2.24, 2.45) is 11.5 Å². The summed E-state index contributed by atoms with van der Waals surface area (Å²) in [6.07, 6.45) is 8.00. The third-order valence-electron chi connectivity index (χ3n) is 1.93. The molecular formula is C9H14N4S2. The Morgan fingerprint density at radius 1 is 1.20 bits per heavy atom. The molecule has 1 aliphatic rings. The average molecular weight is 242 g/mol. The molecule has 0 saturated carbocycles. The normalized spacial score (nSPS) is 14.6. The minimum Gasteiger partial charge on any atom is -0.376 e. The van der Waals surface area contributed by atoms with Gasteiger partial charge in [0, 0.05) is 0 Å². The molecule has 0 heterocycles. The predicted octanol–water partition coefficient (Wildman–Crippen LogP) is 0.255. The summed E-state index contributed by atoms with van der Waals surface area (Å²) in [5.74, 6) is 0. The predicted molar refractivity (Wildman–Crippen MR) is 70.1 cm³/mol. The molecule has 0 saturated heterocycles. The lowest BCUT2D eigenvalue weighted by Gasteiger charge is -2.22. The highest BCUT2D eigenvalue weighted by atomic mass is 32.1. The molecule has 0 bridgehead atoms. The van der Waals surface area contributed by atoms with Crippen LogP contribution in [0, 0.1) is 0 Å². The molecule has 1 aliphatic carbocycles. The summed E-state index contributed by atoms with van der Waals surface area (Å²) in [5.41, 5.74) is 11.9. The second-order valence-electron chi connectivity index (χ2n) is 3.13. The van der Waals surface area contributed by atoms with E-state index < -0.39 is 0 Å². The standard InChI is InChI=1S/C9H14N4S2/c10-8(14)12-7(13-9(11)15)6-4-2-1-3-5-6/h2,4-5,7H,1,3H2,(H3,10,12,14)(H3,11,13,15). The lowest BCUT2D eigenvalue weighted by atomic mass is 10.0. The van der Waals surface area contributed by atoms with E-state index in [1.165, 1.54) is 0 Å². The molecule has 0 unspecified atom stereocenters. The first kappa shape index (κ1) is 11.9. The van der Waals surface area contributed by atoms with Crippen molar-refractivity contribution in [1.29, 1.82) is 0 Å². The fourth-order valence-corrected chi connectivity index (χ4v) is 1.57. The average Bonchev–Trinajstić information content (AvgIpc) is 2.17. The van der Waals surface area contributed by atoms with Gasteiger partial charge in [0.1, 0.15) is 6.17 Å². The Kier molecular flexibility index (Phi) is 4.51. The summed E-state index contributed by atoms with van der Waals surface area (Å²) in [5, 5.41) is 6.21. The van der Waals surface area contributed by atoms with Gasteiger partial charge in [-0.15, -0.1) is 0 Å². The van der Waals surface area contributed by atoms with Crippen LogP contribution in [0.15, 0.2) is 23.8 Å². The highest BCUT2D eigenvalue weighted by Crippen LogP contribution is 2.11. The number of nitrogens with two attached hydrogens (primary N) is 2. The van der Waals surface area contributed by atoms with Crippen LogP contribution in [0.4, 0.5) is 0 Å². The van der Waals surface area contributed by atoms with Gasteiger partial charge in [0.25, 0.3) is 0 Å². The smallest absolute Gasteiger partial charge is 0.165 e. The molecule has 4 nitrogen and oxygen atoms in total. The van der Waals surface area contributed by atoms with Gasteiger partial charge >= 0.3 is 0 Å². The zero-order valence-electron chi connectivity index (χ0n) is 8.19. The van der Waals surface area contributed by atoms with Crippen LogP contribution in [0.2, 0.25) is 0 Å². The van der Waals surface area contributed by atoms with Crippen molar-refractivity contribution in [2.45, 2.75) is 19.0 Å². The molecular weight excluding hydrogens is 228 g/mol. The molecule has 0 aliphatic heterocycles. The van der Waals surface area contributed by atoms with Crippen molar-refractivity contribution in [3.63, 3.8) is 0 Å². The lowest BCUT2D eigenvalue weighted by molar-refractivity contribution is 0.660. The Balaban J connectivity index is 2.70. The van der Waals surface area contributed by atoms with Gasteiger partial charge in [-0.3, -0.25) is 0 Å². The van der Waals surface area contributed by atoms with Crippen LogP contribution in [0.25, 0.3) is 0 Å². The summed E-state index contributed by atoms with van der Waals surface area (Å²) in [4.78, 5) is 0. The molecule has 6 heteroatoms. The maximum Gasteiger partial charge on any atom is 0.165 e. The monoisotopic (exact) mass is 242 g/mol. The van der Waals surface area contributed by atoms with Crippen LogP contribution in [-0.2, 0) is 0 Å². The van der Waals surface area contributed by atoms with E-state index in [9.17, 15) is 0 Å². The first-order valence-electron chi connectivity index (χ1n) is 4.58. The first-order valence-corrected chi connectivity index (χ1v) is 5.40. The molecule has 0 atom stereocenters. The van der Waals surface area contributed by atoms with Crippen LogP contribution in [-0.4, -0.2) is 16.4 Å². The zero-order chi connectivity index (χ0) is 11.3. The molecule has 82 valence electrons. The Labute approximate surface area is 99.8 Å². The second-order valence-corrected chi connectivity index (χ2v) is 4.01. The van der Waals surface area contributed by atoms with Gasteiger partial charge in [-0.25, -0.2) is 0 Å². The van der Waals surface area contributed by atoms with Crippen molar-refractivity contribution in [3.05, 3.63) is 23.8 Å². The van der Waals surface area contributed by atoms with Crippen molar-refractivity contribution in [3.8, 4) is 0 Å². The summed E-state index contributed by atoms with van der Waals surface area (Å²) in [6, 6.07) is 0. The van der Waals surface area contributed by atoms with Crippen LogP contribution >= 0.6 is 24.4 Å². The summed E-state index contributed by atoms with van der Waals surface area (Å²) in [7, 11) is 0. The molecule has 0 spiro atoms. The fraction of sp³-hybridized carbons (Fsp3) is 0.333. The quantitative estimate of drug-likeness (QED) is 0.420. The first-order chi connectivity index (χ1) is 7.09. The van der Waals surface area contributed by atoms with Crippen molar-refractivity contribution in [1.82, 2.24) is 10.6 Å². The van der Waals surface area contributed by atoms with Crippen LogP contribution in [0.3, 0.4) is 0 Å². The molecule has 0 aromatic carbocycles. The molecule has 0 radical (unpaired) electrons. The Bertz CT molecular complexity index is 306. The topological polar surface area (TPSA) is 76.1 Å². The largest absolute Gasteiger partial charge is 0.376 e. The van der Waals surface area contributed by atoms with E-state index in [1.807, 2.05) is 6.08 Å². The van der Waals surface area contributed by atoms with Gasteiger partial charge in [-0.1, -0.05) is 18.2 Å². The van der Waals surface area contributed by atoms with Crippen molar-refractivity contribution >= 4 is 34.7 Å². The Hall–Kier alpha value is -1.14. The molecule has 0 aromatic heterocycles. The van der Waals surface area contributed by atoms with E-state index in [-0.39, 0.29) is 16.4 Å². The van der Waals surface area contributed by atoms with Crippen LogP contribution < -0.4 is 22.1 Å². The SMILES string of the molecule is NC(=S)NC(NC(N)=S)C1=CCCC=C1. The fourth-order valence-electron chi connectivity index (χ4n) is 1.34. The summed E-state index contributed by atoms with van der Waals surface area (Å²) in [6.45, 7) is 0. The van der Waals surface area contributed by atoms with Gasteiger partial charge < -0.3 is 22.1 Å². The van der Waals surface area contributed by atoms with Crippen LogP contribution in [0.1, 0.15) is 12.8 Å². The van der Waals surface area contributed by atoms with Gasteiger partial charge in [-0.05, 0) is 42.9 Å². The minimum absolute atomic E-state index is 0.212. The number of thiocarbonyl (C=S) groups is 2. The maximum absolute atomic E-state index is 5.42. The van der Waals surface area contributed by atoms with Crippen LogP contribution in [0.5, 0.6) is 0 Å². The van der Waals surface area contributed by atoms with Crippen molar-refractivity contribution in [2.75, 3.05) is 0 Å². The summed E-state index contributed by atoms with van der Waals surface area (Å²) >= 11 is 9.57. The highest BCUT2D eigenvalue weighted by molar-refractivity contribution is 7.80.